The summed E-state index contributed by atoms with van der Waals surface area (Å²) in [6.07, 6.45) is 0.0281. The summed E-state index contributed by atoms with van der Waals surface area (Å²) in [6.45, 7) is 0. The average Bonchev–Trinajstić information content (AvgIpc) is 2.77. The number of carboxylic acids is 1. The van der Waals surface area contributed by atoms with Gasteiger partial charge in [-0.1, -0.05) is 12.1 Å². The number of para-hydroxylation sites is 2. The van der Waals surface area contributed by atoms with E-state index in [4.69, 9.17) is 5.11 Å². The van der Waals surface area contributed by atoms with E-state index in [0.717, 1.165) is 21.7 Å². The highest BCUT2D eigenvalue weighted by atomic mass is 32.1. The Morgan fingerprint density at radius 3 is 3.06 bits per heavy atom. The fourth-order valence-corrected chi connectivity index (χ4v) is 2.71. The first kappa shape index (κ1) is 9.35. The number of nitrogens with zero attached hydrogens (tertiary/aromatic N) is 2. The van der Waals surface area contributed by atoms with Crippen LogP contribution in [0, 0.1) is 0 Å². The highest BCUT2D eigenvalue weighted by Crippen LogP contribution is 2.23. The van der Waals surface area contributed by atoms with Crippen LogP contribution in [0.15, 0.2) is 29.6 Å². The first-order valence-corrected chi connectivity index (χ1v) is 5.69. The van der Waals surface area contributed by atoms with E-state index >= 15 is 0 Å². The summed E-state index contributed by atoms with van der Waals surface area (Å²) >= 11 is 1.47. The van der Waals surface area contributed by atoms with E-state index in [-0.39, 0.29) is 6.42 Å². The molecule has 0 spiro atoms. The lowest BCUT2D eigenvalue weighted by molar-refractivity contribution is -0.136. The third-order valence-electron chi connectivity index (χ3n) is 2.45. The maximum Gasteiger partial charge on any atom is 0.309 e. The molecule has 0 saturated heterocycles. The molecule has 3 aromatic rings. The van der Waals surface area contributed by atoms with Gasteiger partial charge in [0.2, 0.25) is 0 Å². The Labute approximate surface area is 94.8 Å². The Hall–Kier alpha value is -1.88. The van der Waals surface area contributed by atoms with Crippen LogP contribution in [0.2, 0.25) is 0 Å². The highest BCUT2D eigenvalue weighted by molar-refractivity contribution is 7.15. The molecule has 4 nitrogen and oxygen atoms in total. The number of carboxylic acid groups (broad SMARTS) is 1. The lowest BCUT2D eigenvalue weighted by atomic mass is 10.3. The van der Waals surface area contributed by atoms with Gasteiger partial charge in [-0.05, 0) is 12.1 Å². The predicted octanol–water partition coefficient (Wildman–Crippen LogP) is 2.18. The zero-order valence-corrected chi connectivity index (χ0v) is 9.07. The van der Waals surface area contributed by atoms with E-state index in [9.17, 15) is 4.79 Å². The van der Waals surface area contributed by atoms with Gasteiger partial charge in [-0.3, -0.25) is 9.20 Å². The molecule has 1 aromatic carbocycles. The molecule has 16 heavy (non-hydrogen) atoms. The lowest BCUT2D eigenvalue weighted by Gasteiger charge is -1.96. The van der Waals surface area contributed by atoms with Crippen molar-refractivity contribution in [1.29, 1.82) is 0 Å². The maximum absolute atomic E-state index is 10.7. The number of benzene rings is 1. The Morgan fingerprint density at radius 1 is 1.44 bits per heavy atom. The molecule has 2 aromatic heterocycles. The number of fused-ring (bicyclic) bond motifs is 3. The Balaban J connectivity index is 2.34. The Kier molecular flexibility index (Phi) is 1.94. The topological polar surface area (TPSA) is 54.6 Å². The van der Waals surface area contributed by atoms with Crippen molar-refractivity contribution >= 4 is 33.3 Å². The second-order valence-corrected chi connectivity index (χ2v) is 4.35. The second-order valence-electron chi connectivity index (χ2n) is 3.52. The molecule has 0 radical (unpaired) electrons. The fraction of sp³-hybridized carbons (Fsp3) is 0.0909. The standard InChI is InChI=1S/C11H8N2O2S/c14-10(15)5-7-6-16-11-12-8-3-1-2-4-9(8)13(7)11/h1-4,6H,5H2,(H,14,15). The lowest BCUT2D eigenvalue weighted by Crippen LogP contribution is -2.02. The highest BCUT2D eigenvalue weighted by Gasteiger charge is 2.11. The van der Waals surface area contributed by atoms with Crippen LogP contribution in [0.4, 0.5) is 0 Å². The van der Waals surface area contributed by atoms with Gasteiger partial charge in [-0.25, -0.2) is 4.98 Å². The molecule has 1 N–H and O–H groups in total. The van der Waals surface area contributed by atoms with Crippen molar-refractivity contribution in [3.63, 3.8) is 0 Å². The quantitative estimate of drug-likeness (QED) is 0.736. The number of thiazole rings is 1. The van der Waals surface area contributed by atoms with E-state index in [1.807, 2.05) is 34.0 Å². The van der Waals surface area contributed by atoms with Crippen molar-refractivity contribution < 1.29 is 9.90 Å². The van der Waals surface area contributed by atoms with Gasteiger partial charge in [0, 0.05) is 11.1 Å². The SMILES string of the molecule is O=C(O)Cc1csc2nc3ccccc3n12. The van der Waals surface area contributed by atoms with Crippen molar-refractivity contribution in [2.45, 2.75) is 6.42 Å². The smallest absolute Gasteiger partial charge is 0.309 e. The molecule has 0 amide bonds. The minimum absolute atomic E-state index is 0.0281. The van der Waals surface area contributed by atoms with Crippen LogP contribution < -0.4 is 0 Å². The Morgan fingerprint density at radius 2 is 2.25 bits per heavy atom. The summed E-state index contributed by atoms with van der Waals surface area (Å²) in [5.74, 6) is -0.822. The third kappa shape index (κ3) is 1.29. The second kappa shape index (κ2) is 3.31. The molecule has 80 valence electrons. The molecule has 3 rings (SSSR count). The summed E-state index contributed by atoms with van der Waals surface area (Å²) in [4.78, 5) is 16.0. The summed E-state index contributed by atoms with van der Waals surface area (Å²) < 4.78 is 1.91. The zero-order valence-electron chi connectivity index (χ0n) is 8.25. The van der Waals surface area contributed by atoms with Crippen LogP contribution in [0.25, 0.3) is 16.0 Å². The number of aromatic nitrogens is 2. The normalized spacial score (nSPS) is 11.2. The van der Waals surface area contributed by atoms with E-state index in [0.29, 0.717) is 0 Å². The van der Waals surface area contributed by atoms with Crippen LogP contribution in [0.3, 0.4) is 0 Å². The minimum Gasteiger partial charge on any atom is -0.481 e. The van der Waals surface area contributed by atoms with Gasteiger partial charge in [-0.15, -0.1) is 11.3 Å². The van der Waals surface area contributed by atoms with Crippen LogP contribution in [-0.2, 0) is 11.2 Å². The first-order chi connectivity index (χ1) is 7.75. The molecule has 0 bridgehead atoms. The van der Waals surface area contributed by atoms with E-state index in [1.54, 1.807) is 0 Å². The number of aliphatic carboxylic acids is 1. The molecule has 0 atom stereocenters. The van der Waals surface area contributed by atoms with Crippen LogP contribution in [-0.4, -0.2) is 20.5 Å². The molecular weight excluding hydrogens is 224 g/mol. The molecule has 0 unspecified atom stereocenters. The fourth-order valence-electron chi connectivity index (χ4n) is 1.81. The van der Waals surface area contributed by atoms with Crippen molar-refractivity contribution in [3.8, 4) is 0 Å². The van der Waals surface area contributed by atoms with Gasteiger partial charge in [0.05, 0.1) is 17.5 Å². The van der Waals surface area contributed by atoms with Gasteiger partial charge in [-0.2, -0.15) is 0 Å². The monoisotopic (exact) mass is 232 g/mol. The van der Waals surface area contributed by atoms with Crippen molar-refractivity contribution in [3.05, 3.63) is 35.3 Å². The molecule has 0 aliphatic rings. The van der Waals surface area contributed by atoms with E-state index in [2.05, 4.69) is 4.98 Å². The number of carbonyl (C=O) groups is 1. The zero-order chi connectivity index (χ0) is 11.1. The number of rotatable bonds is 2. The first-order valence-electron chi connectivity index (χ1n) is 4.81. The number of imidazole rings is 1. The minimum atomic E-state index is -0.822. The summed E-state index contributed by atoms with van der Waals surface area (Å²) in [5.41, 5.74) is 2.65. The summed E-state index contributed by atoms with van der Waals surface area (Å²) in [5, 5.41) is 10.7. The van der Waals surface area contributed by atoms with Crippen molar-refractivity contribution in [1.82, 2.24) is 9.38 Å². The molecule has 5 heteroatoms. The van der Waals surface area contributed by atoms with Crippen molar-refractivity contribution in [2.24, 2.45) is 0 Å². The van der Waals surface area contributed by atoms with Gasteiger partial charge >= 0.3 is 5.97 Å². The third-order valence-corrected chi connectivity index (χ3v) is 3.32. The molecule has 0 aliphatic carbocycles. The average molecular weight is 232 g/mol. The number of hydrogen-bond donors (Lipinski definition) is 1. The molecule has 0 fully saturated rings. The number of hydrogen-bond acceptors (Lipinski definition) is 3. The van der Waals surface area contributed by atoms with E-state index in [1.165, 1.54) is 11.3 Å². The summed E-state index contributed by atoms with van der Waals surface area (Å²) in [6, 6.07) is 7.74. The van der Waals surface area contributed by atoms with Crippen LogP contribution in [0.5, 0.6) is 0 Å². The van der Waals surface area contributed by atoms with Crippen LogP contribution >= 0.6 is 11.3 Å². The van der Waals surface area contributed by atoms with Gasteiger partial charge in [0.1, 0.15) is 0 Å². The maximum atomic E-state index is 10.7. The predicted molar refractivity (Wildman–Crippen MR) is 61.9 cm³/mol. The van der Waals surface area contributed by atoms with E-state index < -0.39 is 5.97 Å². The molecular formula is C11H8N2O2S. The molecule has 0 saturated carbocycles. The van der Waals surface area contributed by atoms with Gasteiger partial charge in [0.25, 0.3) is 0 Å². The van der Waals surface area contributed by atoms with Gasteiger partial charge in [0.15, 0.2) is 4.96 Å². The van der Waals surface area contributed by atoms with Gasteiger partial charge < -0.3 is 5.11 Å². The molecule has 2 heterocycles. The summed E-state index contributed by atoms with van der Waals surface area (Å²) in [7, 11) is 0. The van der Waals surface area contributed by atoms with Crippen molar-refractivity contribution in [2.75, 3.05) is 0 Å². The van der Waals surface area contributed by atoms with Crippen LogP contribution in [0.1, 0.15) is 5.69 Å². The molecule has 0 aliphatic heterocycles. The largest absolute Gasteiger partial charge is 0.481 e. The Bertz CT molecular complexity index is 683.